The van der Waals surface area contributed by atoms with Crippen molar-refractivity contribution in [3.63, 3.8) is 0 Å². The summed E-state index contributed by atoms with van der Waals surface area (Å²) < 4.78 is 67.6. The average Bonchev–Trinajstić information content (AvgIpc) is 3.42. The van der Waals surface area contributed by atoms with Crippen LogP contribution >= 0.6 is 0 Å². The van der Waals surface area contributed by atoms with Gasteiger partial charge in [-0.2, -0.15) is 0 Å². The zero-order chi connectivity index (χ0) is 38.9. The molecule has 0 atom stereocenters. The molecule has 4 aromatic rings. The smallest absolute Gasteiger partial charge is 0.425 e. The summed E-state index contributed by atoms with van der Waals surface area (Å²) in [4.78, 5) is 71.2. The molecule has 0 unspecified atom stereocenters. The number of hydrogen-bond acceptors (Lipinski definition) is 14. The molecule has 0 fully saturated rings. The van der Waals surface area contributed by atoms with Crippen LogP contribution in [-0.4, -0.2) is 49.8 Å². The van der Waals surface area contributed by atoms with Gasteiger partial charge in [0.1, 0.15) is 11.5 Å². The standard InChI is InChI=1S/C38H26F2O14/c1-4-33(41)47-18-49-37(45)53-31-12-6-21(14-29(31)39)35(43)51-23-8-10-25-26-11-9-24(17-28(26)20(3)27(25)16-23)52-36(44)22-7-13-32(30(40)15-22)54-38(46)50-19-48-34(42)5-2/h4-17,20H,1-2,18-19H2,3H3. The Balaban J connectivity index is 1.18. The van der Waals surface area contributed by atoms with Crippen LogP contribution in [0.25, 0.3) is 11.1 Å². The summed E-state index contributed by atoms with van der Waals surface area (Å²) in [6.07, 6.45) is -1.02. The van der Waals surface area contributed by atoms with Gasteiger partial charge in [-0.05, 0) is 82.9 Å². The van der Waals surface area contributed by atoms with E-state index in [-0.39, 0.29) is 28.5 Å². The summed E-state index contributed by atoms with van der Waals surface area (Å²) in [5.41, 5.74) is 2.82. The van der Waals surface area contributed by atoms with Gasteiger partial charge in [0.25, 0.3) is 0 Å². The molecule has 0 bridgehead atoms. The molecule has 0 heterocycles. The van der Waals surface area contributed by atoms with Gasteiger partial charge in [-0.15, -0.1) is 0 Å². The van der Waals surface area contributed by atoms with E-state index in [0.717, 1.165) is 58.7 Å². The van der Waals surface area contributed by atoms with Crippen molar-refractivity contribution >= 4 is 36.2 Å². The first-order valence-corrected chi connectivity index (χ1v) is 15.5. The van der Waals surface area contributed by atoms with Gasteiger partial charge < -0.3 is 37.9 Å². The lowest BCUT2D eigenvalue weighted by atomic mass is 9.99. The van der Waals surface area contributed by atoms with Gasteiger partial charge in [0.2, 0.25) is 13.6 Å². The maximum absolute atomic E-state index is 14.6. The van der Waals surface area contributed by atoms with Crippen molar-refractivity contribution in [2.45, 2.75) is 12.8 Å². The molecule has 16 heteroatoms. The second-order valence-electron chi connectivity index (χ2n) is 10.9. The van der Waals surface area contributed by atoms with Crippen molar-refractivity contribution in [2.75, 3.05) is 13.6 Å². The molecule has 0 amide bonds. The molecule has 0 saturated heterocycles. The van der Waals surface area contributed by atoms with Crippen LogP contribution in [0.1, 0.15) is 44.7 Å². The Morgan fingerprint density at radius 3 is 1.35 bits per heavy atom. The van der Waals surface area contributed by atoms with Crippen molar-refractivity contribution in [3.8, 4) is 34.1 Å². The molecule has 1 aliphatic carbocycles. The van der Waals surface area contributed by atoms with E-state index in [1.54, 1.807) is 36.4 Å². The molecule has 0 spiro atoms. The lowest BCUT2D eigenvalue weighted by Crippen LogP contribution is -2.16. The van der Waals surface area contributed by atoms with E-state index in [1.807, 2.05) is 6.92 Å². The predicted octanol–water partition coefficient (Wildman–Crippen LogP) is 6.94. The maximum atomic E-state index is 14.6. The first kappa shape index (κ1) is 37.9. The predicted molar refractivity (Wildman–Crippen MR) is 179 cm³/mol. The highest BCUT2D eigenvalue weighted by Gasteiger charge is 2.28. The molecule has 0 N–H and O–H groups in total. The Morgan fingerprint density at radius 1 is 0.574 bits per heavy atom. The minimum atomic E-state index is -1.36. The first-order chi connectivity index (χ1) is 25.9. The minimum absolute atomic E-state index is 0.155. The number of halogens is 2. The number of carbonyl (C=O) groups is 6. The van der Waals surface area contributed by atoms with Crippen molar-refractivity contribution in [1.29, 1.82) is 0 Å². The summed E-state index contributed by atoms with van der Waals surface area (Å²) >= 11 is 0. The average molecular weight is 745 g/mol. The monoisotopic (exact) mass is 744 g/mol. The number of ether oxygens (including phenoxy) is 8. The van der Waals surface area contributed by atoms with Gasteiger partial charge >= 0.3 is 36.2 Å². The van der Waals surface area contributed by atoms with E-state index in [9.17, 15) is 37.5 Å². The lowest BCUT2D eigenvalue weighted by molar-refractivity contribution is -0.147. The highest BCUT2D eigenvalue weighted by molar-refractivity contribution is 5.93. The molecular weight excluding hydrogens is 718 g/mol. The molecular formula is C38H26F2O14. The van der Waals surface area contributed by atoms with Crippen LogP contribution < -0.4 is 18.9 Å². The summed E-state index contributed by atoms with van der Waals surface area (Å²) in [5.74, 6) is -6.70. The van der Waals surface area contributed by atoms with Crippen LogP contribution in [0.15, 0.2) is 98.1 Å². The van der Waals surface area contributed by atoms with Crippen LogP contribution in [0.4, 0.5) is 18.4 Å². The Bertz CT molecular complexity index is 2040. The van der Waals surface area contributed by atoms with Gasteiger partial charge in [-0.1, -0.05) is 32.2 Å². The Hall–Kier alpha value is -7.36. The van der Waals surface area contributed by atoms with Gasteiger partial charge in [0.15, 0.2) is 23.1 Å². The zero-order valence-electron chi connectivity index (χ0n) is 28.0. The number of fused-ring (bicyclic) bond motifs is 3. The normalized spacial score (nSPS) is 11.2. The summed E-state index contributed by atoms with van der Waals surface area (Å²) in [5, 5.41) is 0. The van der Waals surface area contributed by atoms with E-state index in [0.29, 0.717) is 0 Å². The van der Waals surface area contributed by atoms with Crippen LogP contribution in [0.2, 0.25) is 0 Å². The van der Waals surface area contributed by atoms with Crippen LogP contribution in [-0.2, 0) is 28.5 Å². The second kappa shape index (κ2) is 16.8. The van der Waals surface area contributed by atoms with Crippen molar-refractivity contribution in [1.82, 2.24) is 0 Å². The Morgan fingerprint density at radius 2 is 0.981 bits per heavy atom. The zero-order valence-corrected chi connectivity index (χ0v) is 28.0. The van der Waals surface area contributed by atoms with Crippen LogP contribution in [0, 0.1) is 11.6 Å². The van der Waals surface area contributed by atoms with E-state index in [4.69, 9.17) is 18.9 Å². The highest BCUT2D eigenvalue weighted by Crippen LogP contribution is 2.47. The molecule has 0 radical (unpaired) electrons. The van der Waals surface area contributed by atoms with Gasteiger partial charge in [-0.3, -0.25) is 0 Å². The number of benzene rings is 4. The van der Waals surface area contributed by atoms with Crippen molar-refractivity contribution < 1.29 is 75.4 Å². The molecule has 4 aromatic carbocycles. The van der Waals surface area contributed by atoms with Crippen LogP contribution in [0.3, 0.4) is 0 Å². The fraction of sp³-hybridized carbons (Fsp3) is 0.105. The summed E-state index contributed by atoms with van der Waals surface area (Å²) in [7, 11) is 0. The second-order valence-corrected chi connectivity index (χ2v) is 10.9. The summed E-state index contributed by atoms with van der Waals surface area (Å²) in [6, 6.07) is 15.8. The molecule has 0 aromatic heterocycles. The fourth-order valence-corrected chi connectivity index (χ4v) is 4.96. The number of esters is 4. The van der Waals surface area contributed by atoms with E-state index >= 15 is 0 Å². The number of hydrogen-bond donors (Lipinski definition) is 0. The maximum Gasteiger partial charge on any atom is 0.516 e. The highest BCUT2D eigenvalue weighted by atomic mass is 19.1. The molecule has 14 nitrogen and oxygen atoms in total. The number of rotatable bonds is 12. The van der Waals surface area contributed by atoms with Gasteiger partial charge in [0.05, 0.1) is 11.1 Å². The SMILES string of the molecule is C=CC(=O)OCOC(=O)Oc1ccc(C(=O)Oc2ccc3c(c2)C(C)c2cc(OC(=O)c4ccc(OC(=O)OCOC(=O)C=C)c(F)c4)ccc2-3)cc1F. The largest absolute Gasteiger partial charge is 0.516 e. The van der Waals surface area contributed by atoms with Crippen molar-refractivity contribution in [3.05, 3.63) is 132 Å². The first-order valence-electron chi connectivity index (χ1n) is 15.5. The van der Waals surface area contributed by atoms with Crippen LogP contribution in [0.5, 0.6) is 23.0 Å². The third-order valence-electron chi connectivity index (χ3n) is 7.50. The third-order valence-corrected chi connectivity index (χ3v) is 7.50. The molecule has 0 saturated carbocycles. The third kappa shape index (κ3) is 9.10. The van der Waals surface area contributed by atoms with E-state index < -0.39 is 72.9 Å². The molecule has 5 rings (SSSR count). The molecule has 1 aliphatic rings. The Labute approximate surface area is 304 Å². The van der Waals surface area contributed by atoms with E-state index in [2.05, 4.69) is 32.1 Å². The quantitative estimate of drug-likeness (QED) is 0.0479. The lowest BCUT2D eigenvalue weighted by Gasteiger charge is -2.11. The number of carbonyl (C=O) groups excluding carboxylic acids is 6. The molecule has 0 aliphatic heterocycles. The topological polar surface area (TPSA) is 176 Å². The summed E-state index contributed by atoms with van der Waals surface area (Å²) in [6.45, 7) is 6.66. The van der Waals surface area contributed by atoms with E-state index in [1.165, 1.54) is 12.1 Å². The van der Waals surface area contributed by atoms with Gasteiger partial charge in [0, 0.05) is 18.1 Å². The van der Waals surface area contributed by atoms with Gasteiger partial charge in [-0.25, -0.2) is 37.5 Å². The fourth-order valence-electron chi connectivity index (χ4n) is 4.96. The molecule has 276 valence electrons. The van der Waals surface area contributed by atoms with Crippen molar-refractivity contribution in [2.24, 2.45) is 0 Å². The Kier molecular flexibility index (Phi) is 11.8. The minimum Gasteiger partial charge on any atom is -0.425 e. The molecule has 54 heavy (non-hydrogen) atoms.